The summed E-state index contributed by atoms with van der Waals surface area (Å²) < 4.78 is 32.6. The molecule has 268 valence electrons. The van der Waals surface area contributed by atoms with E-state index in [1.54, 1.807) is 30.9 Å². The van der Waals surface area contributed by atoms with Crippen LogP contribution in [0.3, 0.4) is 0 Å². The maximum Gasteiger partial charge on any atom is 0.231 e. The van der Waals surface area contributed by atoms with Crippen LogP contribution < -0.4 is 33.7 Å². The number of nitrogens with zero attached hydrogens (tertiary/aromatic N) is 2. The lowest BCUT2D eigenvalue weighted by atomic mass is 9.91. The molecule has 0 saturated carbocycles. The lowest BCUT2D eigenvalue weighted by Gasteiger charge is -2.22. The first-order valence-corrected chi connectivity index (χ1v) is 18.1. The predicted molar refractivity (Wildman–Crippen MR) is 207 cm³/mol. The molecular weight excluding hydrogens is 722 g/mol. The van der Waals surface area contributed by atoms with E-state index >= 15 is 0 Å². The average Bonchev–Trinajstić information content (AvgIpc) is 3.99. The molecule has 1 N–H and O–H groups in total. The molecule has 1 saturated heterocycles. The summed E-state index contributed by atoms with van der Waals surface area (Å²) in [7, 11) is 0. The Hall–Kier alpha value is -5.32. The molecule has 4 aliphatic heterocycles. The molecule has 0 bridgehead atoms. The van der Waals surface area contributed by atoms with E-state index in [9.17, 15) is 0 Å². The van der Waals surface area contributed by atoms with E-state index in [2.05, 4.69) is 49.9 Å². The van der Waals surface area contributed by atoms with Crippen molar-refractivity contribution in [1.29, 1.82) is 0 Å². The third-order valence-corrected chi connectivity index (χ3v) is 9.08. The summed E-state index contributed by atoms with van der Waals surface area (Å²) in [4.78, 5) is 7.82. The molecule has 4 aliphatic rings. The number of fused-ring (bicyclic) bond motifs is 3. The van der Waals surface area contributed by atoms with Gasteiger partial charge in [-0.05, 0) is 134 Å². The smallest absolute Gasteiger partial charge is 0.231 e. The van der Waals surface area contributed by atoms with E-state index in [0.29, 0.717) is 20.4 Å². The predicted octanol–water partition coefficient (Wildman–Crippen LogP) is 9.23. The Labute approximate surface area is 313 Å². The van der Waals surface area contributed by atoms with Crippen molar-refractivity contribution < 1.29 is 28.4 Å². The van der Waals surface area contributed by atoms with Gasteiger partial charge in [-0.15, -0.1) is 0 Å². The number of pyridine rings is 2. The first-order chi connectivity index (χ1) is 25.6. The van der Waals surface area contributed by atoms with Crippen LogP contribution in [0.15, 0.2) is 115 Å². The maximum absolute atomic E-state index is 5.40. The van der Waals surface area contributed by atoms with E-state index < -0.39 is 0 Å². The van der Waals surface area contributed by atoms with Gasteiger partial charge < -0.3 is 33.7 Å². The van der Waals surface area contributed by atoms with Crippen LogP contribution in [0.1, 0.15) is 41.5 Å². The molecule has 2 aromatic heterocycles. The molecule has 0 atom stereocenters. The molecule has 1 fully saturated rings. The minimum absolute atomic E-state index is 0.312. The number of hydrogen-bond acceptors (Lipinski definition) is 9. The van der Waals surface area contributed by atoms with Gasteiger partial charge in [0.25, 0.3) is 0 Å². The van der Waals surface area contributed by atoms with Gasteiger partial charge in [-0.2, -0.15) is 0 Å². The molecule has 0 radical (unpaired) electrons. The second kappa shape index (κ2) is 19.3. The third-order valence-electron chi connectivity index (χ3n) is 8.58. The van der Waals surface area contributed by atoms with Crippen LogP contribution in [-0.4, -0.2) is 43.4 Å². The quantitative estimate of drug-likeness (QED) is 0.182. The average molecular weight is 765 g/mol. The van der Waals surface area contributed by atoms with Crippen molar-refractivity contribution in [2.75, 3.05) is 33.5 Å². The molecule has 3 aromatic carbocycles. The van der Waals surface area contributed by atoms with Gasteiger partial charge in [-0.25, -0.2) is 0 Å². The fourth-order valence-electron chi connectivity index (χ4n) is 5.69. The summed E-state index contributed by atoms with van der Waals surface area (Å²) in [5.74, 6) is 5.94. The Morgan fingerprint density at radius 2 is 1.12 bits per heavy atom. The van der Waals surface area contributed by atoms with Crippen molar-refractivity contribution in [1.82, 2.24) is 15.3 Å². The van der Waals surface area contributed by atoms with Crippen LogP contribution in [0.4, 0.5) is 0 Å². The highest BCUT2D eigenvalue weighted by Crippen LogP contribution is 2.35. The van der Waals surface area contributed by atoms with Crippen molar-refractivity contribution in [2.24, 2.45) is 5.92 Å². The zero-order valence-electron chi connectivity index (χ0n) is 28.9. The third kappa shape index (κ3) is 11.1. The van der Waals surface area contributed by atoms with Crippen LogP contribution in [0.25, 0.3) is 18.2 Å². The minimum Gasteiger partial charge on any atom is -0.454 e. The highest BCUT2D eigenvalue weighted by Gasteiger charge is 2.16. The molecular formula is C42H42BrN3O6. The van der Waals surface area contributed by atoms with E-state index in [0.717, 1.165) is 68.0 Å². The number of aromatic nitrogens is 2. The largest absolute Gasteiger partial charge is 0.454 e. The summed E-state index contributed by atoms with van der Waals surface area (Å²) in [5, 5.41) is 3.41. The van der Waals surface area contributed by atoms with Crippen LogP contribution in [0.2, 0.25) is 0 Å². The zero-order chi connectivity index (χ0) is 35.8. The van der Waals surface area contributed by atoms with Crippen molar-refractivity contribution in [3.63, 3.8) is 0 Å². The number of benzene rings is 3. The van der Waals surface area contributed by atoms with E-state index in [4.69, 9.17) is 28.4 Å². The number of aryl methyl sites for hydroxylation is 1. The fourth-order valence-corrected chi connectivity index (χ4v) is 6.03. The Morgan fingerprint density at radius 1 is 0.596 bits per heavy atom. The van der Waals surface area contributed by atoms with Crippen molar-refractivity contribution in [3.05, 3.63) is 137 Å². The summed E-state index contributed by atoms with van der Waals surface area (Å²) in [6.45, 7) is 7.00. The number of piperidine rings is 1. The van der Waals surface area contributed by atoms with Gasteiger partial charge in [0.15, 0.2) is 34.5 Å². The van der Waals surface area contributed by atoms with E-state index in [-0.39, 0.29) is 0 Å². The number of hydrogen-bond donors (Lipinski definition) is 1. The van der Waals surface area contributed by atoms with Crippen LogP contribution >= 0.6 is 15.9 Å². The summed E-state index contributed by atoms with van der Waals surface area (Å²) in [6.07, 6.45) is 18.0. The van der Waals surface area contributed by atoms with Gasteiger partial charge in [-0.1, -0.05) is 52.9 Å². The Bertz CT molecular complexity index is 1900. The van der Waals surface area contributed by atoms with Crippen LogP contribution in [0, 0.1) is 5.92 Å². The highest BCUT2D eigenvalue weighted by molar-refractivity contribution is 9.10. The lowest BCUT2D eigenvalue weighted by Crippen LogP contribution is -2.27. The fraction of sp³-hybridized carbons (Fsp3) is 0.238. The van der Waals surface area contributed by atoms with Gasteiger partial charge in [0.1, 0.15) is 0 Å². The second-order valence-corrected chi connectivity index (χ2v) is 13.0. The number of ether oxygens (including phenoxy) is 6. The Balaban J connectivity index is 0.000000125. The molecule has 0 spiro atoms. The second-order valence-electron chi connectivity index (χ2n) is 12.1. The standard InChI is InChI=1S/C14H19NO2.C14H11NO2.C7H5BrO2.C7H7N/c2*1(11-5-7-15-8-6-11)2-12-3-4-13-14(9-12)17-10-16-13;8-5-1-2-6-7(3-5)10-4-9-6;1-2-7-3-5-8-6-4-7/h3-4,9,11,15H,1-2,5-8,10H2;1-9H,10H2;1-3H,4H2;2-6H,1H2/b;2-1+;;. The maximum atomic E-state index is 5.40. The monoisotopic (exact) mass is 763 g/mol. The molecule has 9 rings (SSSR count). The first-order valence-electron chi connectivity index (χ1n) is 17.3. The molecule has 10 heteroatoms. The Morgan fingerprint density at radius 3 is 1.73 bits per heavy atom. The molecule has 0 amide bonds. The number of nitrogens with one attached hydrogen (secondary N) is 1. The van der Waals surface area contributed by atoms with Crippen molar-refractivity contribution in [3.8, 4) is 34.5 Å². The number of halogens is 1. The molecule has 6 heterocycles. The molecule has 0 aliphatic carbocycles. The number of rotatable bonds is 6. The van der Waals surface area contributed by atoms with Gasteiger partial charge in [0.05, 0.1) is 0 Å². The Kier molecular flexibility index (Phi) is 13.6. The SMILES string of the molecule is Brc1ccc2c(c1)OCO2.C(=C\c1ccc2c(c1)OCO2)/c1ccncc1.C=Cc1ccncc1.c1cc2c(cc1CCC1CCNCC1)OCO2. The van der Waals surface area contributed by atoms with Gasteiger partial charge in [0.2, 0.25) is 20.4 Å². The lowest BCUT2D eigenvalue weighted by molar-refractivity contribution is 0.173. The topological polar surface area (TPSA) is 93.2 Å². The summed E-state index contributed by atoms with van der Waals surface area (Å²) >= 11 is 3.33. The molecule has 0 unspecified atom stereocenters. The van der Waals surface area contributed by atoms with Gasteiger partial charge >= 0.3 is 0 Å². The van der Waals surface area contributed by atoms with E-state index in [1.165, 1.54) is 37.9 Å². The van der Waals surface area contributed by atoms with Gasteiger partial charge in [-0.3, -0.25) is 9.97 Å². The van der Waals surface area contributed by atoms with Crippen molar-refractivity contribution in [2.45, 2.75) is 25.7 Å². The normalized spacial score (nSPS) is 14.6. The van der Waals surface area contributed by atoms with Crippen LogP contribution in [-0.2, 0) is 6.42 Å². The zero-order valence-corrected chi connectivity index (χ0v) is 30.5. The highest BCUT2D eigenvalue weighted by atomic mass is 79.9. The molecule has 52 heavy (non-hydrogen) atoms. The van der Waals surface area contributed by atoms with Crippen molar-refractivity contribution >= 4 is 34.2 Å². The minimum atomic E-state index is 0.312. The first kappa shape index (κ1) is 36.5. The molecule has 5 aromatic rings. The summed E-state index contributed by atoms with van der Waals surface area (Å²) in [6, 6.07) is 25.7. The molecule has 9 nitrogen and oxygen atoms in total. The van der Waals surface area contributed by atoms with E-state index in [1.807, 2.05) is 78.9 Å². The van der Waals surface area contributed by atoms with Gasteiger partial charge in [0, 0.05) is 29.3 Å². The summed E-state index contributed by atoms with van der Waals surface area (Å²) in [5.41, 5.74) is 4.69. The van der Waals surface area contributed by atoms with Crippen LogP contribution in [0.5, 0.6) is 34.5 Å².